The second kappa shape index (κ2) is 7.05. The molecule has 0 atom stereocenters. The van der Waals surface area contributed by atoms with E-state index >= 15 is 0 Å². The highest BCUT2D eigenvalue weighted by Crippen LogP contribution is 2.30. The van der Waals surface area contributed by atoms with Crippen LogP contribution in [0.4, 0.5) is 5.95 Å². The summed E-state index contributed by atoms with van der Waals surface area (Å²) in [6, 6.07) is 10.4. The Morgan fingerprint density at radius 3 is 2.74 bits per heavy atom. The molecule has 4 aromatic rings. The van der Waals surface area contributed by atoms with Gasteiger partial charge < -0.3 is 14.7 Å². The van der Waals surface area contributed by atoms with E-state index in [1.54, 1.807) is 47.6 Å². The smallest absolute Gasteiger partial charge is 0.251 e. The summed E-state index contributed by atoms with van der Waals surface area (Å²) < 4.78 is 7.01. The summed E-state index contributed by atoms with van der Waals surface area (Å²) in [4.78, 5) is 24.9. The van der Waals surface area contributed by atoms with Gasteiger partial charge in [-0.1, -0.05) is 17.7 Å². The highest BCUT2D eigenvalue weighted by atomic mass is 35.5. The average Bonchev–Trinajstić information content (AvgIpc) is 3.20. The summed E-state index contributed by atoms with van der Waals surface area (Å²) in [5.41, 5.74) is 8.31. The normalized spacial score (nSPS) is 10.9. The van der Waals surface area contributed by atoms with Crippen molar-refractivity contribution < 1.29 is 4.42 Å². The maximum atomic E-state index is 12.6. The minimum Gasteiger partial charge on any atom is -0.463 e. The maximum Gasteiger partial charge on any atom is 0.251 e. The first-order valence-electron chi connectivity index (χ1n) is 8.08. The van der Waals surface area contributed by atoms with Crippen LogP contribution in [0.2, 0.25) is 5.15 Å². The van der Waals surface area contributed by atoms with Gasteiger partial charge in [0.1, 0.15) is 10.8 Å². The quantitative estimate of drug-likeness (QED) is 0.546. The first kappa shape index (κ1) is 17.0. The van der Waals surface area contributed by atoms with Gasteiger partial charge in [-0.15, -0.1) is 0 Å². The first-order chi connectivity index (χ1) is 13.1. The molecule has 7 nitrogen and oxygen atoms in total. The van der Waals surface area contributed by atoms with E-state index in [2.05, 4.69) is 15.0 Å². The van der Waals surface area contributed by atoms with Gasteiger partial charge in [-0.3, -0.25) is 4.79 Å². The molecule has 0 unspecified atom stereocenters. The number of anilines is 1. The number of rotatable bonds is 4. The molecule has 134 valence electrons. The zero-order valence-corrected chi connectivity index (χ0v) is 14.8. The molecule has 4 aromatic heterocycles. The maximum absolute atomic E-state index is 12.6. The minimum atomic E-state index is -0.162. The molecule has 0 amide bonds. The summed E-state index contributed by atoms with van der Waals surface area (Å²) in [7, 11) is 0. The van der Waals surface area contributed by atoms with Crippen molar-refractivity contribution in [2.24, 2.45) is 0 Å². The second-order valence-electron chi connectivity index (χ2n) is 5.84. The number of nitrogen functional groups attached to an aromatic ring is 1. The predicted molar refractivity (Wildman–Crippen MR) is 102 cm³/mol. The van der Waals surface area contributed by atoms with Crippen LogP contribution in [-0.4, -0.2) is 19.5 Å². The number of hydrogen-bond acceptors (Lipinski definition) is 6. The zero-order valence-electron chi connectivity index (χ0n) is 14.0. The summed E-state index contributed by atoms with van der Waals surface area (Å²) in [6.07, 6.45) is 6.50. The lowest BCUT2D eigenvalue weighted by Gasteiger charge is -2.10. The van der Waals surface area contributed by atoms with E-state index in [1.165, 1.54) is 6.07 Å². The standard InChI is InChI=1S/C19H14ClN5O2/c20-16-4-3-12(9-22-16)11-25-6-5-13(8-17(25)26)14-10-23-19(21)24-18(14)15-2-1-7-27-15/h1-10H,11H2,(H2,21,23,24). The van der Waals surface area contributed by atoms with E-state index in [4.69, 9.17) is 21.8 Å². The molecule has 0 aliphatic rings. The largest absolute Gasteiger partial charge is 0.463 e. The molecular weight excluding hydrogens is 366 g/mol. The van der Waals surface area contributed by atoms with Gasteiger partial charge in [-0.05, 0) is 35.4 Å². The van der Waals surface area contributed by atoms with Crippen molar-refractivity contribution in [1.29, 1.82) is 0 Å². The van der Waals surface area contributed by atoms with Crippen LogP contribution in [0, 0.1) is 0 Å². The fraction of sp³-hybridized carbons (Fsp3) is 0.0526. The number of pyridine rings is 2. The van der Waals surface area contributed by atoms with Crippen molar-refractivity contribution >= 4 is 17.5 Å². The van der Waals surface area contributed by atoms with Crippen LogP contribution >= 0.6 is 11.6 Å². The Hall–Kier alpha value is -3.45. The third kappa shape index (κ3) is 3.58. The molecule has 0 aromatic carbocycles. The van der Waals surface area contributed by atoms with E-state index in [1.807, 2.05) is 12.1 Å². The van der Waals surface area contributed by atoms with Crippen LogP contribution in [-0.2, 0) is 6.54 Å². The van der Waals surface area contributed by atoms with Crippen LogP contribution in [0.5, 0.6) is 0 Å². The van der Waals surface area contributed by atoms with Gasteiger partial charge >= 0.3 is 0 Å². The monoisotopic (exact) mass is 379 g/mol. The van der Waals surface area contributed by atoms with Gasteiger partial charge in [-0.2, -0.15) is 0 Å². The van der Waals surface area contributed by atoms with Gasteiger partial charge in [0, 0.05) is 30.2 Å². The Morgan fingerprint density at radius 2 is 2.04 bits per heavy atom. The predicted octanol–water partition coefficient (Wildman–Crippen LogP) is 3.24. The number of halogens is 1. The summed E-state index contributed by atoms with van der Waals surface area (Å²) in [5, 5.41) is 0.412. The van der Waals surface area contributed by atoms with Gasteiger partial charge in [0.15, 0.2) is 5.76 Å². The molecule has 0 saturated heterocycles. The molecule has 4 heterocycles. The Morgan fingerprint density at radius 1 is 1.15 bits per heavy atom. The Bertz CT molecular complexity index is 1140. The van der Waals surface area contributed by atoms with E-state index in [9.17, 15) is 4.79 Å². The molecule has 2 N–H and O–H groups in total. The highest BCUT2D eigenvalue weighted by Gasteiger charge is 2.14. The molecule has 27 heavy (non-hydrogen) atoms. The van der Waals surface area contributed by atoms with E-state index in [-0.39, 0.29) is 11.5 Å². The Labute approximate surface area is 159 Å². The second-order valence-corrected chi connectivity index (χ2v) is 6.23. The van der Waals surface area contributed by atoms with Crippen molar-refractivity contribution in [2.45, 2.75) is 6.54 Å². The fourth-order valence-electron chi connectivity index (χ4n) is 2.71. The molecular formula is C19H14ClN5O2. The molecule has 0 spiro atoms. The number of furan rings is 1. The van der Waals surface area contributed by atoms with E-state index in [0.29, 0.717) is 34.3 Å². The van der Waals surface area contributed by atoms with Crippen LogP contribution in [0.15, 0.2) is 70.5 Å². The van der Waals surface area contributed by atoms with Crippen LogP contribution in [0.3, 0.4) is 0 Å². The lowest BCUT2D eigenvalue weighted by Crippen LogP contribution is -2.19. The topological polar surface area (TPSA) is 99.8 Å². The van der Waals surface area contributed by atoms with Gasteiger partial charge in [0.2, 0.25) is 5.95 Å². The van der Waals surface area contributed by atoms with Gasteiger partial charge in [-0.25, -0.2) is 15.0 Å². The van der Waals surface area contributed by atoms with Gasteiger partial charge in [0.05, 0.1) is 12.8 Å². The minimum absolute atomic E-state index is 0.133. The van der Waals surface area contributed by atoms with E-state index in [0.717, 1.165) is 5.56 Å². The molecule has 4 rings (SSSR count). The summed E-state index contributed by atoms with van der Waals surface area (Å²) in [6.45, 7) is 0.395. The Kier molecular flexibility index (Phi) is 4.43. The van der Waals surface area contributed by atoms with Crippen molar-refractivity contribution in [3.05, 3.63) is 82.3 Å². The van der Waals surface area contributed by atoms with Crippen LogP contribution < -0.4 is 11.3 Å². The van der Waals surface area contributed by atoms with E-state index < -0.39 is 0 Å². The highest BCUT2D eigenvalue weighted by molar-refractivity contribution is 6.29. The lowest BCUT2D eigenvalue weighted by molar-refractivity contribution is 0.580. The number of nitrogens with two attached hydrogens (primary N) is 1. The lowest BCUT2D eigenvalue weighted by atomic mass is 10.1. The molecule has 0 aliphatic heterocycles. The number of nitrogens with zero attached hydrogens (tertiary/aromatic N) is 4. The Balaban J connectivity index is 1.71. The fourth-order valence-corrected chi connectivity index (χ4v) is 2.82. The molecule has 0 aliphatic carbocycles. The average molecular weight is 380 g/mol. The third-order valence-electron chi connectivity index (χ3n) is 4.01. The number of aromatic nitrogens is 4. The summed E-state index contributed by atoms with van der Waals surface area (Å²) in [5.74, 6) is 0.684. The number of hydrogen-bond donors (Lipinski definition) is 1. The third-order valence-corrected chi connectivity index (χ3v) is 4.23. The van der Waals surface area contributed by atoms with Crippen molar-refractivity contribution in [3.8, 4) is 22.6 Å². The SMILES string of the molecule is Nc1ncc(-c2ccn(Cc3ccc(Cl)nc3)c(=O)c2)c(-c2ccco2)n1. The summed E-state index contributed by atoms with van der Waals surface area (Å²) >= 11 is 5.79. The van der Waals surface area contributed by atoms with Crippen molar-refractivity contribution in [1.82, 2.24) is 19.5 Å². The molecule has 0 fully saturated rings. The van der Waals surface area contributed by atoms with Crippen LogP contribution in [0.1, 0.15) is 5.56 Å². The first-order valence-corrected chi connectivity index (χ1v) is 8.45. The molecule has 0 radical (unpaired) electrons. The van der Waals surface area contributed by atoms with Crippen molar-refractivity contribution in [3.63, 3.8) is 0 Å². The molecule has 0 saturated carbocycles. The zero-order chi connectivity index (χ0) is 18.8. The van der Waals surface area contributed by atoms with Crippen LogP contribution in [0.25, 0.3) is 22.6 Å². The molecule has 0 bridgehead atoms. The van der Waals surface area contributed by atoms with Crippen molar-refractivity contribution in [2.75, 3.05) is 5.73 Å². The molecule has 8 heteroatoms. The van der Waals surface area contributed by atoms with Gasteiger partial charge in [0.25, 0.3) is 5.56 Å².